The first-order valence-electron chi connectivity index (χ1n) is 3.37. The van der Waals surface area contributed by atoms with E-state index < -0.39 is 0 Å². The van der Waals surface area contributed by atoms with Crippen molar-refractivity contribution in [1.82, 2.24) is 0 Å². The van der Waals surface area contributed by atoms with Gasteiger partial charge in [-0.05, 0) is 26.0 Å². The molecule has 0 aromatic carbocycles. The maximum absolute atomic E-state index is 9.91. The standard InChI is InChI=1S/C8H9NOS/c1-6-3-4-8(11-6)7(2)9-5-10/h3-4,7H,1-2H3/t7-/m1/s1. The molecule has 1 aromatic heterocycles. The molecular weight excluding hydrogens is 158 g/mol. The van der Waals surface area contributed by atoms with Gasteiger partial charge in [0.25, 0.3) is 0 Å². The van der Waals surface area contributed by atoms with E-state index in [2.05, 4.69) is 4.99 Å². The van der Waals surface area contributed by atoms with Gasteiger partial charge in [0.1, 0.15) is 0 Å². The Labute approximate surface area is 69.6 Å². The molecule has 0 N–H and O–H groups in total. The van der Waals surface area contributed by atoms with Crippen LogP contribution in [-0.2, 0) is 4.79 Å². The van der Waals surface area contributed by atoms with E-state index in [-0.39, 0.29) is 6.04 Å². The molecule has 0 unspecified atom stereocenters. The molecule has 3 heteroatoms. The largest absolute Gasteiger partial charge is 0.235 e. The Balaban J connectivity index is 2.84. The van der Waals surface area contributed by atoms with Crippen LogP contribution < -0.4 is 0 Å². The Morgan fingerprint density at radius 3 is 2.82 bits per heavy atom. The van der Waals surface area contributed by atoms with Gasteiger partial charge in [0, 0.05) is 9.75 Å². The van der Waals surface area contributed by atoms with Crippen LogP contribution in [0, 0.1) is 6.92 Å². The first-order chi connectivity index (χ1) is 5.24. The Morgan fingerprint density at radius 2 is 2.36 bits per heavy atom. The zero-order valence-electron chi connectivity index (χ0n) is 6.50. The lowest BCUT2D eigenvalue weighted by atomic mass is 10.3. The minimum atomic E-state index is -0.0359. The minimum Gasteiger partial charge on any atom is -0.211 e. The second-order valence-corrected chi connectivity index (χ2v) is 3.66. The number of isocyanates is 1. The van der Waals surface area contributed by atoms with E-state index in [9.17, 15) is 4.79 Å². The smallest absolute Gasteiger partial charge is 0.211 e. The van der Waals surface area contributed by atoms with E-state index in [4.69, 9.17) is 0 Å². The lowest BCUT2D eigenvalue weighted by Crippen LogP contribution is -1.81. The van der Waals surface area contributed by atoms with Crippen LogP contribution in [0.2, 0.25) is 0 Å². The summed E-state index contributed by atoms with van der Waals surface area (Å²) < 4.78 is 0. The summed E-state index contributed by atoms with van der Waals surface area (Å²) in [6.45, 7) is 3.92. The fourth-order valence-corrected chi connectivity index (χ4v) is 1.69. The van der Waals surface area contributed by atoms with Crippen molar-refractivity contribution < 1.29 is 4.79 Å². The minimum absolute atomic E-state index is 0.0359. The van der Waals surface area contributed by atoms with E-state index in [1.807, 2.05) is 26.0 Å². The van der Waals surface area contributed by atoms with Crippen LogP contribution in [0.4, 0.5) is 0 Å². The number of aliphatic imine (C=N–C) groups is 1. The summed E-state index contributed by atoms with van der Waals surface area (Å²) in [4.78, 5) is 15.9. The van der Waals surface area contributed by atoms with Gasteiger partial charge in [-0.1, -0.05) is 0 Å². The summed E-state index contributed by atoms with van der Waals surface area (Å²) in [6.07, 6.45) is 1.56. The van der Waals surface area contributed by atoms with Gasteiger partial charge in [0.15, 0.2) is 0 Å². The van der Waals surface area contributed by atoms with Crippen molar-refractivity contribution >= 4 is 17.4 Å². The zero-order valence-corrected chi connectivity index (χ0v) is 7.31. The SMILES string of the molecule is Cc1ccc([C@@H](C)N=C=O)s1. The lowest BCUT2D eigenvalue weighted by molar-refractivity contribution is 0.560. The van der Waals surface area contributed by atoms with E-state index >= 15 is 0 Å². The number of carbonyl (C=O) groups excluding carboxylic acids is 1. The summed E-state index contributed by atoms with van der Waals surface area (Å²) in [5.41, 5.74) is 0. The highest BCUT2D eigenvalue weighted by atomic mass is 32.1. The molecule has 0 spiro atoms. The lowest BCUT2D eigenvalue weighted by Gasteiger charge is -1.96. The number of aryl methyl sites for hydroxylation is 1. The van der Waals surface area contributed by atoms with Crippen LogP contribution in [0.3, 0.4) is 0 Å². The van der Waals surface area contributed by atoms with Crippen LogP contribution in [0.25, 0.3) is 0 Å². The van der Waals surface area contributed by atoms with Gasteiger partial charge in [-0.2, -0.15) is 4.99 Å². The molecule has 0 aliphatic rings. The highest BCUT2D eigenvalue weighted by Gasteiger charge is 2.04. The molecule has 1 rings (SSSR count). The van der Waals surface area contributed by atoms with Gasteiger partial charge in [0.2, 0.25) is 6.08 Å². The molecule has 1 atom stereocenters. The second-order valence-electron chi connectivity index (χ2n) is 2.34. The molecule has 0 radical (unpaired) electrons. The van der Waals surface area contributed by atoms with Gasteiger partial charge < -0.3 is 0 Å². The Morgan fingerprint density at radius 1 is 1.64 bits per heavy atom. The monoisotopic (exact) mass is 167 g/mol. The molecule has 1 aromatic rings. The topological polar surface area (TPSA) is 29.4 Å². The molecule has 11 heavy (non-hydrogen) atoms. The predicted octanol–water partition coefficient (Wildman–Crippen LogP) is 2.45. The highest BCUT2D eigenvalue weighted by Crippen LogP contribution is 2.24. The number of thiophene rings is 1. The summed E-state index contributed by atoms with van der Waals surface area (Å²) in [5.74, 6) is 0. The average Bonchev–Trinajstić information content (AvgIpc) is 2.36. The van der Waals surface area contributed by atoms with Crippen molar-refractivity contribution in [3.05, 3.63) is 21.9 Å². The molecule has 0 saturated heterocycles. The summed E-state index contributed by atoms with van der Waals surface area (Å²) in [7, 11) is 0. The predicted molar refractivity (Wildman–Crippen MR) is 45.6 cm³/mol. The first kappa shape index (κ1) is 8.18. The van der Waals surface area contributed by atoms with E-state index in [1.165, 1.54) is 4.88 Å². The van der Waals surface area contributed by atoms with Crippen LogP contribution in [-0.4, -0.2) is 6.08 Å². The molecule has 0 aliphatic carbocycles. The van der Waals surface area contributed by atoms with Crippen LogP contribution in [0.5, 0.6) is 0 Å². The van der Waals surface area contributed by atoms with Crippen molar-refractivity contribution in [3.8, 4) is 0 Å². The van der Waals surface area contributed by atoms with Crippen LogP contribution >= 0.6 is 11.3 Å². The zero-order chi connectivity index (χ0) is 8.27. The summed E-state index contributed by atoms with van der Waals surface area (Å²) >= 11 is 1.66. The molecule has 0 aliphatic heterocycles. The molecule has 58 valence electrons. The molecule has 0 saturated carbocycles. The maximum Gasteiger partial charge on any atom is 0.235 e. The third-order valence-electron chi connectivity index (χ3n) is 1.42. The number of rotatable bonds is 2. The molecule has 0 fully saturated rings. The Bertz CT molecular complexity index is 286. The van der Waals surface area contributed by atoms with Gasteiger partial charge >= 0.3 is 0 Å². The van der Waals surface area contributed by atoms with Crippen molar-refractivity contribution in [2.45, 2.75) is 19.9 Å². The first-order valence-corrected chi connectivity index (χ1v) is 4.19. The molecule has 2 nitrogen and oxygen atoms in total. The van der Waals surface area contributed by atoms with E-state index in [1.54, 1.807) is 17.4 Å². The number of nitrogens with zero attached hydrogens (tertiary/aromatic N) is 1. The second kappa shape index (κ2) is 3.46. The quantitative estimate of drug-likeness (QED) is 0.491. The summed E-state index contributed by atoms with van der Waals surface area (Å²) in [6, 6.07) is 3.98. The van der Waals surface area contributed by atoms with Crippen molar-refractivity contribution in [1.29, 1.82) is 0 Å². The van der Waals surface area contributed by atoms with Gasteiger partial charge in [-0.15, -0.1) is 11.3 Å². The molecule has 0 amide bonds. The summed E-state index contributed by atoms with van der Waals surface area (Å²) in [5, 5.41) is 0. The molecule has 0 bridgehead atoms. The van der Waals surface area contributed by atoms with Gasteiger partial charge in [-0.3, -0.25) is 0 Å². The fraction of sp³-hybridized carbons (Fsp3) is 0.375. The van der Waals surface area contributed by atoms with Crippen LogP contribution in [0.15, 0.2) is 17.1 Å². The number of hydrogen-bond acceptors (Lipinski definition) is 3. The normalized spacial score (nSPS) is 12.2. The maximum atomic E-state index is 9.91. The van der Waals surface area contributed by atoms with Crippen LogP contribution in [0.1, 0.15) is 22.7 Å². The average molecular weight is 167 g/mol. The van der Waals surface area contributed by atoms with Crippen molar-refractivity contribution in [2.24, 2.45) is 4.99 Å². The molecule has 1 heterocycles. The van der Waals surface area contributed by atoms with E-state index in [0.29, 0.717) is 0 Å². The highest BCUT2D eigenvalue weighted by molar-refractivity contribution is 7.12. The van der Waals surface area contributed by atoms with Crippen molar-refractivity contribution in [3.63, 3.8) is 0 Å². The third kappa shape index (κ3) is 2.00. The Kier molecular flexibility index (Phi) is 2.58. The van der Waals surface area contributed by atoms with Gasteiger partial charge in [-0.25, -0.2) is 4.79 Å². The Hall–Kier alpha value is -0.920. The fourth-order valence-electron chi connectivity index (χ4n) is 0.821. The number of hydrogen-bond donors (Lipinski definition) is 0. The van der Waals surface area contributed by atoms with Crippen molar-refractivity contribution in [2.75, 3.05) is 0 Å². The third-order valence-corrected chi connectivity index (χ3v) is 2.59. The van der Waals surface area contributed by atoms with Gasteiger partial charge in [0.05, 0.1) is 6.04 Å². The molecular formula is C8H9NOS. The van der Waals surface area contributed by atoms with E-state index in [0.717, 1.165) is 4.88 Å².